The first-order valence-electron chi connectivity index (χ1n) is 11.6. The molecule has 1 aliphatic heterocycles. The van der Waals surface area contributed by atoms with E-state index in [4.69, 9.17) is 0 Å². The zero-order chi connectivity index (χ0) is 22.5. The van der Waals surface area contributed by atoms with Gasteiger partial charge in [-0.3, -0.25) is 9.59 Å². The van der Waals surface area contributed by atoms with Crippen LogP contribution in [0.5, 0.6) is 0 Å². The summed E-state index contributed by atoms with van der Waals surface area (Å²) in [6, 6.07) is 12.3. The number of fused-ring (bicyclic) bond motifs is 3. The number of hydrogen-bond donors (Lipinski definition) is 1. The first-order valence-corrected chi connectivity index (χ1v) is 12.5. The third-order valence-electron chi connectivity index (χ3n) is 7.56. The van der Waals surface area contributed by atoms with Gasteiger partial charge in [-0.05, 0) is 61.2 Å². The van der Waals surface area contributed by atoms with Crippen molar-refractivity contribution in [3.05, 3.63) is 58.6 Å². The molecule has 1 aromatic carbocycles. The molecule has 0 bridgehead atoms. The van der Waals surface area contributed by atoms with Gasteiger partial charge in [0.2, 0.25) is 5.91 Å². The van der Waals surface area contributed by atoms with Crippen molar-refractivity contribution in [3.8, 4) is 0 Å². The van der Waals surface area contributed by atoms with Crippen molar-refractivity contribution in [2.45, 2.75) is 71.1 Å². The van der Waals surface area contributed by atoms with E-state index in [1.807, 2.05) is 35.1 Å². The molecule has 5 rings (SSSR count). The second-order valence-electron chi connectivity index (χ2n) is 9.72. The van der Waals surface area contributed by atoms with Crippen LogP contribution in [0.25, 0.3) is 10.2 Å². The molecule has 2 amide bonds. The Balaban J connectivity index is 1.54. The third-order valence-corrected chi connectivity index (χ3v) is 8.41. The summed E-state index contributed by atoms with van der Waals surface area (Å²) in [5.41, 5.74) is 2.96. The van der Waals surface area contributed by atoms with E-state index >= 15 is 0 Å². The van der Waals surface area contributed by atoms with Crippen LogP contribution in [0.2, 0.25) is 0 Å². The smallest absolute Gasteiger partial charge is 0.271 e. The predicted molar refractivity (Wildman–Crippen MR) is 129 cm³/mol. The molecule has 168 valence electrons. The fourth-order valence-corrected chi connectivity index (χ4v) is 6.16. The molecule has 1 N–H and O–H groups in total. The molecule has 32 heavy (non-hydrogen) atoms. The monoisotopic (exact) mass is 449 g/mol. The molecule has 6 heteroatoms. The molecule has 3 aromatic rings. The maximum absolute atomic E-state index is 13.9. The number of hydrogen-bond acceptors (Lipinski definition) is 3. The van der Waals surface area contributed by atoms with Crippen LogP contribution in [-0.4, -0.2) is 32.9 Å². The summed E-state index contributed by atoms with van der Waals surface area (Å²) in [5, 5.41) is 5.40. The van der Waals surface area contributed by atoms with Crippen LogP contribution < -0.4 is 5.32 Å². The Morgan fingerprint density at radius 2 is 2.00 bits per heavy atom. The molecule has 1 fully saturated rings. The minimum absolute atomic E-state index is 0.0408. The van der Waals surface area contributed by atoms with Gasteiger partial charge in [-0.25, -0.2) is 0 Å². The highest BCUT2D eigenvalue weighted by atomic mass is 32.1. The van der Waals surface area contributed by atoms with Crippen LogP contribution in [-0.2, 0) is 17.9 Å². The van der Waals surface area contributed by atoms with Gasteiger partial charge in [0.05, 0.1) is 16.8 Å². The Kier molecular flexibility index (Phi) is 5.36. The number of carbonyl (C=O) groups is 2. The van der Waals surface area contributed by atoms with Gasteiger partial charge in [-0.15, -0.1) is 11.3 Å². The number of carbonyl (C=O) groups excluding carboxylic acids is 2. The quantitative estimate of drug-likeness (QED) is 0.601. The molecule has 0 unspecified atom stereocenters. The van der Waals surface area contributed by atoms with Crippen LogP contribution in [0, 0.1) is 12.8 Å². The number of amides is 2. The fourth-order valence-electron chi connectivity index (χ4n) is 5.33. The summed E-state index contributed by atoms with van der Waals surface area (Å²) in [7, 11) is 0. The first kappa shape index (κ1) is 21.3. The van der Waals surface area contributed by atoms with E-state index in [9.17, 15) is 9.59 Å². The zero-order valence-electron chi connectivity index (χ0n) is 19.1. The lowest BCUT2D eigenvalue weighted by Gasteiger charge is -2.45. The van der Waals surface area contributed by atoms with Crippen LogP contribution in [0.3, 0.4) is 0 Å². The average Bonchev–Trinajstić information content (AvgIpc) is 3.36. The lowest BCUT2D eigenvalue weighted by Crippen LogP contribution is -2.65. The topological polar surface area (TPSA) is 54.3 Å². The average molecular weight is 450 g/mol. The molecule has 0 spiro atoms. The number of aromatic nitrogens is 1. The van der Waals surface area contributed by atoms with Gasteiger partial charge in [-0.2, -0.15) is 0 Å². The van der Waals surface area contributed by atoms with E-state index in [-0.39, 0.29) is 17.9 Å². The molecule has 0 radical (unpaired) electrons. The van der Waals surface area contributed by atoms with Crippen molar-refractivity contribution in [2.24, 2.45) is 5.92 Å². The van der Waals surface area contributed by atoms with Crippen molar-refractivity contribution < 1.29 is 9.59 Å². The minimum Gasteiger partial charge on any atom is -0.351 e. The van der Waals surface area contributed by atoms with E-state index in [0.29, 0.717) is 24.7 Å². The Morgan fingerprint density at radius 3 is 2.78 bits per heavy atom. The van der Waals surface area contributed by atoms with E-state index in [1.54, 1.807) is 16.2 Å². The summed E-state index contributed by atoms with van der Waals surface area (Å²) in [6.07, 6.45) is 4.53. The molecule has 0 saturated heterocycles. The van der Waals surface area contributed by atoms with Gasteiger partial charge < -0.3 is 14.8 Å². The molecule has 3 heterocycles. The number of aryl methyl sites for hydroxylation is 1. The maximum atomic E-state index is 13.9. The molecule has 3 atom stereocenters. The fraction of sp³-hybridized carbons (Fsp3) is 0.462. The first-order chi connectivity index (χ1) is 15.4. The van der Waals surface area contributed by atoms with E-state index < -0.39 is 5.54 Å². The Labute approximate surface area is 193 Å². The second-order valence-corrected chi connectivity index (χ2v) is 10.7. The van der Waals surface area contributed by atoms with Gasteiger partial charge in [0.1, 0.15) is 11.2 Å². The largest absolute Gasteiger partial charge is 0.351 e. The number of nitrogens with one attached hydrogen (secondary N) is 1. The van der Waals surface area contributed by atoms with Crippen molar-refractivity contribution in [1.82, 2.24) is 14.8 Å². The van der Waals surface area contributed by atoms with Crippen LogP contribution in [0.1, 0.15) is 61.1 Å². The van der Waals surface area contributed by atoms with Crippen molar-refractivity contribution in [2.75, 3.05) is 0 Å². The standard InChI is InChI=1S/C26H31N3O2S/c1-17-8-4-6-10-19(17)15-29-24(30)22-14-23-21(12-13-32-23)28(22)16-26(29,3)25(31)27-20-11-7-5-9-18(20)2/h4,6,8,10,12-14,18,20H,5,7,9,11,15-16H2,1-3H3,(H,27,31)/t18-,20+,26+/m0/s1. The van der Waals surface area contributed by atoms with Crippen LogP contribution in [0.15, 0.2) is 41.8 Å². The third kappa shape index (κ3) is 3.45. The zero-order valence-corrected chi connectivity index (χ0v) is 19.9. The van der Waals surface area contributed by atoms with E-state index in [0.717, 1.165) is 40.6 Å². The lowest BCUT2D eigenvalue weighted by molar-refractivity contribution is -0.134. The number of nitrogens with zero attached hydrogens (tertiary/aromatic N) is 2. The summed E-state index contributed by atoms with van der Waals surface area (Å²) in [4.78, 5) is 29.5. The van der Waals surface area contributed by atoms with Gasteiger partial charge in [0.25, 0.3) is 5.91 Å². The highest BCUT2D eigenvalue weighted by molar-refractivity contribution is 7.17. The van der Waals surface area contributed by atoms with E-state index in [2.05, 4.69) is 37.4 Å². The van der Waals surface area contributed by atoms with Crippen molar-refractivity contribution in [3.63, 3.8) is 0 Å². The SMILES string of the molecule is Cc1ccccc1CN1C(=O)c2cc3sccc3n2C[C@]1(C)C(=O)N[C@@H]1CCCC[C@@H]1C. The van der Waals surface area contributed by atoms with Gasteiger partial charge in [0.15, 0.2) is 0 Å². The molecular formula is C26H31N3O2S. The number of rotatable bonds is 4. The summed E-state index contributed by atoms with van der Waals surface area (Å²) in [5.74, 6) is 0.351. The number of benzene rings is 1. The summed E-state index contributed by atoms with van der Waals surface area (Å²) >= 11 is 1.64. The Morgan fingerprint density at radius 1 is 1.22 bits per heavy atom. The summed E-state index contributed by atoms with van der Waals surface area (Å²) < 4.78 is 3.14. The predicted octanol–water partition coefficient (Wildman–Crippen LogP) is 5.12. The second kappa shape index (κ2) is 8.07. The van der Waals surface area contributed by atoms with Gasteiger partial charge in [0, 0.05) is 12.6 Å². The molecule has 1 saturated carbocycles. The lowest BCUT2D eigenvalue weighted by atomic mass is 9.84. The normalized spacial score (nSPS) is 25.7. The molecule has 2 aromatic heterocycles. The molecule has 5 nitrogen and oxygen atoms in total. The van der Waals surface area contributed by atoms with Gasteiger partial charge in [-0.1, -0.05) is 44.0 Å². The highest BCUT2D eigenvalue weighted by Crippen LogP contribution is 2.36. The van der Waals surface area contributed by atoms with Crippen molar-refractivity contribution in [1.29, 1.82) is 0 Å². The van der Waals surface area contributed by atoms with Crippen molar-refractivity contribution >= 4 is 33.4 Å². The molecule has 2 aliphatic rings. The Hall–Kier alpha value is -2.60. The Bertz CT molecular complexity index is 1180. The maximum Gasteiger partial charge on any atom is 0.271 e. The molecule has 1 aliphatic carbocycles. The van der Waals surface area contributed by atoms with Crippen LogP contribution >= 0.6 is 11.3 Å². The van der Waals surface area contributed by atoms with E-state index in [1.165, 1.54) is 6.42 Å². The van der Waals surface area contributed by atoms with Gasteiger partial charge >= 0.3 is 0 Å². The minimum atomic E-state index is -0.961. The number of thiophene rings is 1. The van der Waals surface area contributed by atoms with Crippen LogP contribution in [0.4, 0.5) is 0 Å². The molecular weight excluding hydrogens is 418 g/mol. The summed E-state index contributed by atoms with van der Waals surface area (Å²) in [6.45, 7) is 7.11. The highest BCUT2D eigenvalue weighted by Gasteiger charge is 2.48.